The van der Waals surface area contributed by atoms with E-state index in [0.29, 0.717) is 36.9 Å². The molecule has 4 nitrogen and oxygen atoms in total. The Balaban J connectivity index is 1.56. The Bertz CT molecular complexity index is 941. The van der Waals surface area contributed by atoms with Crippen LogP contribution in [0, 0.1) is 0 Å². The summed E-state index contributed by atoms with van der Waals surface area (Å²) in [5.41, 5.74) is 0.341. The Kier molecular flexibility index (Phi) is 7.39. The minimum absolute atomic E-state index is 0.394. The van der Waals surface area contributed by atoms with Gasteiger partial charge < -0.3 is 9.30 Å². The summed E-state index contributed by atoms with van der Waals surface area (Å²) in [6.45, 7) is 2.42. The van der Waals surface area contributed by atoms with Crippen LogP contribution in [0.5, 0.6) is 5.75 Å². The van der Waals surface area contributed by atoms with E-state index < -0.39 is 11.7 Å². The molecule has 0 N–H and O–H groups in total. The zero-order valence-corrected chi connectivity index (χ0v) is 17.3. The van der Waals surface area contributed by atoms with Gasteiger partial charge in [0.2, 0.25) is 0 Å². The van der Waals surface area contributed by atoms with Gasteiger partial charge in [-0.25, -0.2) is 4.98 Å². The molecular weight excluding hydrogens is 415 g/mol. The van der Waals surface area contributed by atoms with Gasteiger partial charge in [-0.2, -0.15) is 13.2 Å². The standard InChI is InChI=1S/C22H23ClF3N3O/c1-28-13-11-27-21(28)16-29(15-17-5-2-3-6-20(17)23)12-4-14-30-19-9-7-18(8-10-19)22(24,25)26/h2-3,5-11,13H,4,12,14-16H2,1H3. The van der Waals surface area contributed by atoms with Crippen LogP contribution in [0.2, 0.25) is 5.02 Å². The lowest BCUT2D eigenvalue weighted by Gasteiger charge is -2.23. The van der Waals surface area contributed by atoms with E-state index in [-0.39, 0.29) is 0 Å². The lowest BCUT2D eigenvalue weighted by atomic mass is 10.2. The molecule has 3 rings (SSSR count). The highest BCUT2D eigenvalue weighted by Gasteiger charge is 2.30. The first-order chi connectivity index (χ1) is 14.3. The van der Waals surface area contributed by atoms with Crippen molar-refractivity contribution in [2.24, 2.45) is 7.05 Å². The van der Waals surface area contributed by atoms with Gasteiger partial charge >= 0.3 is 6.18 Å². The van der Waals surface area contributed by atoms with Crippen LogP contribution in [-0.2, 0) is 26.3 Å². The van der Waals surface area contributed by atoms with Crippen molar-refractivity contribution in [2.45, 2.75) is 25.7 Å². The molecule has 0 saturated carbocycles. The molecule has 30 heavy (non-hydrogen) atoms. The molecular formula is C22H23ClF3N3O. The highest BCUT2D eigenvalue weighted by Crippen LogP contribution is 2.30. The Morgan fingerprint density at radius 1 is 1.07 bits per heavy atom. The van der Waals surface area contributed by atoms with E-state index in [2.05, 4.69) is 9.88 Å². The topological polar surface area (TPSA) is 30.3 Å². The predicted octanol–water partition coefficient (Wildman–Crippen LogP) is 5.56. The SMILES string of the molecule is Cn1ccnc1CN(CCCOc1ccc(C(F)(F)F)cc1)Cc1ccccc1Cl. The molecule has 0 unspecified atom stereocenters. The number of aryl methyl sites for hydroxylation is 1. The van der Waals surface area contributed by atoms with E-state index in [0.717, 1.165) is 30.1 Å². The third-order valence-electron chi connectivity index (χ3n) is 4.71. The first-order valence-corrected chi connectivity index (χ1v) is 9.93. The second-order valence-corrected chi connectivity index (χ2v) is 7.39. The van der Waals surface area contributed by atoms with Crippen molar-refractivity contribution in [3.63, 3.8) is 0 Å². The summed E-state index contributed by atoms with van der Waals surface area (Å²) in [6.07, 6.45) is 0.0199. The van der Waals surface area contributed by atoms with Gasteiger partial charge in [-0.3, -0.25) is 4.90 Å². The van der Waals surface area contributed by atoms with Crippen LogP contribution in [0.3, 0.4) is 0 Å². The maximum atomic E-state index is 12.6. The molecule has 8 heteroatoms. The first-order valence-electron chi connectivity index (χ1n) is 9.55. The van der Waals surface area contributed by atoms with Crippen molar-refractivity contribution in [2.75, 3.05) is 13.2 Å². The zero-order chi connectivity index (χ0) is 21.6. The van der Waals surface area contributed by atoms with Crippen molar-refractivity contribution in [1.82, 2.24) is 14.5 Å². The number of aromatic nitrogens is 2. The molecule has 0 atom stereocenters. The van der Waals surface area contributed by atoms with Crippen molar-refractivity contribution in [3.05, 3.63) is 82.9 Å². The van der Waals surface area contributed by atoms with E-state index >= 15 is 0 Å². The summed E-state index contributed by atoms with van der Waals surface area (Å²) >= 11 is 6.32. The number of alkyl halides is 3. The fraction of sp³-hybridized carbons (Fsp3) is 0.318. The minimum Gasteiger partial charge on any atom is -0.494 e. The van der Waals surface area contributed by atoms with Crippen LogP contribution in [0.1, 0.15) is 23.4 Å². The molecule has 0 fully saturated rings. The lowest BCUT2D eigenvalue weighted by molar-refractivity contribution is -0.137. The van der Waals surface area contributed by atoms with Crippen molar-refractivity contribution >= 4 is 11.6 Å². The van der Waals surface area contributed by atoms with Gasteiger partial charge in [0.1, 0.15) is 11.6 Å². The lowest BCUT2D eigenvalue weighted by Crippen LogP contribution is -2.26. The third-order valence-corrected chi connectivity index (χ3v) is 5.08. The normalized spacial score (nSPS) is 11.8. The van der Waals surface area contributed by atoms with Crippen LogP contribution >= 0.6 is 11.6 Å². The van der Waals surface area contributed by atoms with Gasteiger partial charge in [-0.05, 0) is 42.3 Å². The van der Waals surface area contributed by atoms with Crippen molar-refractivity contribution < 1.29 is 17.9 Å². The maximum Gasteiger partial charge on any atom is 0.416 e. The maximum absolute atomic E-state index is 12.6. The molecule has 0 aliphatic rings. The largest absolute Gasteiger partial charge is 0.494 e. The molecule has 3 aromatic rings. The van der Waals surface area contributed by atoms with Gasteiger partial charge in [0.25, 0.3) is 0 Å². The summed E-state index contributed by atoms with van der Waals surface area (Å²) in [4.78, 5) is 6.61. The molecule has 1 heterocycles. The fourth-order valence-corrected chi connectivity index (χ4v) is 3.24. The van der Waals surface area contributed by atoms with Gasteiger partial charge in [-0.1, -0.05) is 29.8 Å². The molecule has 0 bridgehead atoms. The molecule has 0 aliphatic carbocycles. The number of nitrogens with zero attached hydrogens (tertiary/aromatic N) is 3. The Labute approximate surface area is 178 Å². The van der Waals surface area contributed by atoms with Crippen LogP contribution in [-0.4, -0.2) is 27.6 Å². The summed E-state index contributed by atoms with van der Waals surface area (Å²) in [6, 6.07) is 12.5. The van der Waals surface area contributed by atoms with Crippen LogP contribution < -0.4 is 4.74 Å². The Morgan fingerprint density at radius 3 is 2.43 bits per heavy atom. The van der Waals surface area contributed by atoms with Gasteiger partial charge in [0.05, 0.1) is 18.7 Å². The quantitative estimate of drug-likeness (QED) is 0.410. The monoisotopic (exact) mass is 437 g/mol. The van der Waals surface area contributed by atoms with Crippen LogP contribution in [0.4, 0.5) is 13.2 Å². The Morgan fingerprint density at radius 2 is 1.80 bits per heavy atom. The minimum atomic E-state index is -4.34. The first kappa shape index (κ1) is 22.2. The Hall–Kier alpha value is -2.51. The average molecular weight is 438 g/mol. The molecule has 0 spiro atoms. The number of rotatable bonds is 9. The van der Waals surface area contributed by atoms with Crippen molar-refractivity contribution in [3.8, 4) is 5.75 Å². The summed E-state index contributed by atoms with van der Waals surface area (Å²) in [5.74, 6) is 1.36. The number of hydrogen-bond donors (Lipinski definition) is 0. The van der Waals surface area contributed by atoms with Gasteiger partial charge in [-0.15, -0.1) is 0 Å². The van der Waals surface area contributed by atoms with E-state index in [9.17, 15) is 13.2 Å². The summed E-state index contributed by atoms with van der Waals surface area (Å²) in [7, 11) is 1.95. The molecule has 2 aromatic carbocycles. The summed E-state index contributed by atoms with van der Waals surface area (Å²) < 4.78 is 45.5. The number of ether oxygens (including phenoxy) is 1. The van der Waals surface area contributed by atoms with Crippen LogP contribution in [0.15, 0.2) is 60.9 Å². The van der Waals surface area contributed by atoms with Gasteiger partial charge in [0, 0.05) is 37.6 Å². The third kappa shape index (κ3) is 6.24. The summed E-state index contributed by atoms with van der Waals surface area (Å²) in [5, 5.41) is 0.711. The van der Waals surface area contributed by atoms with Crippen LogP contribution in [0.25, 0.3) is 0 Å². The number of halogens is 4. The van der Waals surface area contributed by atoms with E-state index in [1.54, 1.807) is 6.20 Å². The molecule has 1 aromatic heterocycles. The predicted molar refractivity (Wildman–Crippen MR) is 110 cm³/mol. The highest BCUT2D eigenvalue weighted by molar-refractivity contribution is 6.31. The van der Waals surface area contributed by atoms with Gasteiger partial charge in [0.15, 0.2) is 0 Å². The molecule has 0 radical (unpaired) electrons. The molecule has 0 saturated heterocycles. The molecule has 160 valence electrons. The fourth-order valence-electron chi connectivity index (χ4n) is 3.05. The van der Waals surface area contributed by atoms with E-state index in [4.69, 9.17) is 16.3 Å². The second-order valence-electron chi connectivity index (χ2n) is 6.98. The number of benzene rings is 2. The average Bonchev–Trinajstić information content (AvgIpc) is 3.11. The number of imidazole rings is 1. The van der Waals surface area contributed by atoms with E-state index in [1.807, 2.05) is 42.1 Å². The highest BCUT2D eigenvalue weighted by atomic mass is 35.5. The molecule has 0 amide bonds. The number of hydrogen-bond acceptors (Lipinski definition) is 3. The van der Waals surface area contributed by atoms with Crippen molar-refractivity contribution in [1.29, 1.82) is 0 Å². The molecule has 0 aliphatic heterocycles. The van der Waals surface area contributed by atoms with E-state index in [1.165, 1.54) is 12.1 Å². The smallest absolute Gasteiger partial charge is 0.416 e. The zero-order valence-electron chi connectivity index (χ0n) is 16.6. The second kappa shape index (κ2) is 10.00.